The number of carbonyl (C=O) groups excluding carboxylic acids is 1. The van der Waals surface area contributed by atoms with Gasteiger partial charge in [-0.05, 0) is 31.5 Å². The minimum absolute atomic E-state index is 0.0388. The normalized spacial score (nSPS) is 10.6. The van der Waals surface area contributed by atoms with E-state index in [9.17, 15) is 4.79 Å². The molecule has 0 saturated heterocycles. The van der Waals surface area contributed by atoms with E-state index in [1.54, 1.807) is 15.8 Å². The van der Waals surface area contributed by atoms with Gasteiger partial charge in [-0.25, -0.2) is 0 Å². The molecule has 2 rings (SSSR count). The van der Waals surface area contributed by atoms with Crippen molar-refractivity contribution in [2.24, 2.45) is 7.05 Å². The quantitative estimate of drug-likeness (QED) is 0.869. The lowest BCUT2D eigenvalue weighted by atomic mass is 10.2. The van der Waals surface area contributed by atoms with Crippen molar-refractivity contribution >= 4 is 17.3 Å². The molecule has 0 saturated carbocycles. The Kier molecular flexibility index (Phi) is 4.08. The van der Waals surface area contributed by atoms with Crippen molar-refractivity contribution < 1.29 is 4.79 Å². The van der Waals surface area contributed by atoms with Crippen LogP contribution in [0.3, 0.4) is 0 Å². The summed E-state index contributed by atoms with van der Waals surface area (Å²) in [7, 11) is 1.81. The molecule has 2 aromatic rings. The van der Waals surface area contributed by atoms with Gasteiger partial charge in [-0.3, -0.25) is 9.48 Å². The molecule has 1 aromatic carbocycles. The lowest BCUT2D eigenvalue weighted by Crippen LogP contribution is -2.32. The predicted octanol–water partition coefficient (Wildman–Crippen LogP) is 2.37. The Balaban J connectivity index is 2.38. The van der Waals surface area contributed by atoms with Crippen molar-refractivity contribution in [1.29, 1.82) is 0 Å². The van der Waals surface area contributed by atoms with E-state index >= 15 is 0 Å². The van der Waals surface area contributed by atoms with Gasteiger partial charge in [0, 0.05) is 31.2 Å². The minimum atomic E-state index is -0.0388. The fourth-order valence-corrected chi connectivity index (χ4v) is 2.22. The first kappa shape index (κ1) is 14.1. The topological polar surface area (TPSA) is 64.2 Å². The van der Waals surface area contributed by atoms with Crippen LogP contribution in [0.4, 0.5) is 11.4 Å². The van der Waals surface area contributed by atoms with Crippen LogP contribution in [-0.2, 0) is 7.05 Å². The second-order valence-corrected chi connectivity index (χ2v) is 4.85. The first-order valence-corrected chi connectivity index (χ1v) is 6.70. The third-order valence-corrected chi connectivity index (χ3v) is 3.12. The highest BCUT2D eigenvalue weighted by atomic mass is 16.2. The van der Waals surface area contributed by atoms with Crippen LogP contribution in [0.2, 0.25) is 0 Å². The van der Waals surface area contributed by atoms with Crippen LogP contribution in [0.1, 0.15) is 29.4 Å². The molecule has 1 aromatic heterocycles. The Bertz CT molecular complexity index is 618. The smallest absolute Gasteiger partial charge is 0.261 e. The van der Waals surface area contributed by atoms with Gasteiger partial charge in [-0.15, -0.1) is 0 Å². The SMILES string of the molecule is CCCN(C(=O)c1cn(C)nc1C)c1cccc(N)c1. The average molecular weight is 272 g/mol. The number of hydrogen-bond donors (Lipinski definition) is 1. The lowest BCUT2D eigenvalue weighted by Gasteiger charge is -2.22. The van der Waals surface area contributed by atoms with Crippen LogP contribution in [0, 0.1) is 6.92 Å². The van der Waals surface area contributed by atoms with E-state index in [2.05, 4.69) is 5.10 Å². The second-order valence-electron chi connectivity index (χ2n) is 4.85. The Morgan fingerprint density at radius 3 is 2.75 bits per heavy atom. The fourth-order valence-electron chi connectivity index (χ4n) is 2.22. The zero-order chi connectivity index (χ0) is 14.7. The standard InChI is InChI=1S/C15H20N4O/c1-4-8-19(13-7-5-6-12(16)9-13)15(20)14-10-18(3)17-11(14)2/h5-7,9-10H,4,8,16H2,1-3H3. The van der Waals surface area contributed by atoms with E-state index in [1.165, 1.54) is 0 Å². The number of carbonyl (C=O) groups is 1. The number of nitrogens with zero attached hydrogens (tertiary/aromatic N) is 3. The van der Waals surface area contributed by atoms with E-state index in [-0.39, 0.29) is 5.91 Å². The zero-order valence-corrected chi connectivity index (χ0v) is 12.1. The first-order valence-electron chi connectivity index (χ1n) is 6.70. The molecule has 1 heterocycles. The van der Waals surface area contributed by atoms with Crippen molar-refractivity contribution in [1.82, 2.24) is 9.78 Å². The third-order valence-electron chi connectivity index (χ3n) is 3.12. The summed E-state index contributed by atoms with van der Waals surface area (Å²) in [6, 6.07) is 7.39. The summed E-state index contributed by atoms with van der Waals surface area (Å²) in [5.41, 5.74) is 8.65. The second kappa shape index (κ2) is 5.77. The largest absolute Gasteiger partial charge is 0.399 e. The number of amides is 1. The first-order chi connectivity index (χ1) is 9.52. The summed E-state index contributed by atoms with van der Waals surface area (Å²) in [5.74, 6) is -0.0388. The molecule has 2 N–H and O–H groups in total. The highest BCUT2D eigenvalue weighted by molar-refractivity contribution is 6.06. The Labute approximate surface area is 119 Å². The molecular weight excluding hydrogens is 252 g/mol. The third kappa shape index (κ3) is 2.82. The molecule has 0 aliphatic heterocycles. The molecule has 0 aliphatic rings. The predicted molar refractivity (Wildman–Crippen MR) is 80.8 cm³/mol. The molecule has 0 atom stereocenters. The molecule has 20 heavy (non-hydrogen) atoms. The molecule has 0 fully saturated rings. The summed E-state index contributed by atoms with van der Waals surface area (Å²) in [6.45, 7) is 4.54. The number of anilines is 2. The maximum atomic E-state index is 12.7. The van der Waals surface area contributed by atoms with Gasteiger partial charge in [0.15, 0.2) is 0 Å². The van der Waals surface area contributed by atoms with E-state index in [1.807, 2.05) is 45.2 Å². The van der Waals surface area contributed by atoms with Gasteiger partial charge in [0.05, 0.1) is 11.3 Å². The fraction of sp³-hybridized carbons (Fsp3) is 0.333. The summed E-state index contributed by atoms with van der Waals surface area (Å²) in [5, 5.41) is 4.23. The lowest BCUT2D eigenvalue weighted by molar-refractivity contribution is 0.0986. The number of nitrogens with two attached hydrogens (primary N) is 1. The Morgan fingerprint density at radius 2 is 2.20 bits per heavy atom. The van der Waals surface area contributed by atoms with E-state index in [0.29, 0.717) is 17.8 Å². The molecule has 5 nitrogen and oxygen atoms in total. The van der Waals surface area contributed by atoms with Gasteiger partial charge in [0.1, 0.15) is 0 Å². The Hall–Kier alpha value is -2.30. The molecule has 106 valence electrons. The van der Waals surface area contributed by atoms with Gasteiger partial charge in [-0.2, -0.15) is 5.10 Å². The molecule has 5 heteroatoms. The molecule has 0 unspecified atom stereocenters. The number of rotatable bonds is 4. The van der Waals surface area contributed by atoms with E-state index in [4.69, 9.17) is 5.73 Å². The maximum Gasteiger partial charge on any atom is 0.261 e. The number of aryl methyl sites for hydroxylation is 2. The molecule has 0 spiro atoms. The van der Waals surface area contributed by atoms with Crippen molar-refractivity contribution in [3.63, 3.8) is 0 Å². The summed E-state index contributed by atoms with van der Waals surface area (Å²) in [4.78, 5) is 14.5. The van der Waals surface area contributed by atoms with Gasteiger partial charge in [0.2, 0.25) is 0 Å². The average Bonchev–Trinajstić information content (AvgIpc) is 2.74. The number of nitrogen functional groups attached to an aromatic ring is 1. The number of benzene rings is 1. The highest BCUT2D eigenvalue weighted by Crippen LogP contribution is 2.21. The van der Waals surface area contributed by atoms with Crippen LogP contribution in [-0.4, -0.2) is 22.2 Å². The molecule has 0 aliphatic carbocycles. The molecule has 0 radical (unpaired) electrons. The van der Waals surface area contributed by atoms with Crippen LogP contribution >= 0.6 is 0 Å². The molecule has 0 bridgehead atoms. The van der Waals surface area contributed by atoms with Gasteiger partial charge in [0.25, 0.3) is 5.91 Å². The van der Waals surface area contributed by atoms with Crippen molar-refractivity contribution in [2.45, 2.75) is 20.3 Å². The number of aromatic nitrogens is 2. The summed E-state index contributed by atoms with van der Waals surface area (Å²) in [6.07, 6.45) is 2.63. The van der Waals surface area contributed by atoms with Crippen LogP contribution in [0.15, 0.2) is 30.5 Å². The molecular formula is C15H20N4O. The van der Waals surface area contributed by atoms with Gasteiger partial charge in [-0.1, -0.05) is 13.0 Å². The highest BCUT2D eigenvalue weighted by Gasteiger charge is 2.20. The maximum absolute atomic E-state index is 12.7. The van der Waals surface area contributed by atoms with Crippen LogP contribution in [0.25, 0.3) is 0 Å². The van der Waals surface area contributed by atoms with Crippen LogP contribution < -0.4 is 10.6 Å². The van der Waals surface area contributed by atoms with Crippen molar-refractivity contribution in [3.05, 3.63) is 41.7 Å². The zero-order valence-electron chi connectivity index (χ0n) is 12.1. The van der Waals surface area contributed by atoms with E-state index in [0.717, 1.165) is 17.8 Å². The minimum Gasteiger partial charge on any atom is -0.399 e. The number of hydrogen-bond acceptors (Lipinski definition) is 3. The van der Waals surface area contributed by atoms with Gasteiger partial charge < -0.3 is 10.6 Å². The monoisotopic (exact) mass is 272 g/mol. The van der Waals surface area contributed by atoms with E-state index < -0.39 is 0 Å². The molecule has 1 amide bonds. The summed E-state index contributed by atoms with van der Waals surface area (Å²) < 4.78 is 1.66. The van der Waals surface area contributed by atoms with Crippen molar-refractivity contribution in [2.75, 3.05) is 17.2 Å². The van der Waals surface area contributed by atoms with Gasteiger partial charge >= 0.3 is 0 Å². The van der Waals surface area contributed by atoms with Crippen LogP contribution in [0.5, 0.6) is 0 Å². The Morgan fingerprint density at radius 1 is 1.45 bits per heavy atom. The van der Waals surface area contributed by atoms with Crippen molar-refractivity contribution in [3.8, 4) is 0 Å². The summed E-state index contributed by atoms with van der Waals surface area (Å²) >= 11 is 0.